The van der Waals surface area contributed by atoms with Crippen LogP contribution in [0.2, 0.25) is 0 Å². The van der Waals surface area contributed by atoms with Crippen molar-refractivity contribution in [3.63, 3.8) is 0 Å². The topological polar surface area (TPSA) is 69.6 Å². The normalized spacial score (nSPS) is 18.3. The summed E-state index contributed by atoms with van der Waals surface area (Å²) in [5.74, 6) is -1.20. The third-order valence-electron chi connectivity index (χ3n) is 3.64. The van der Waals surface area contributed by atoms with Crippen LogP contribution in [0.1, 0.15) is 19.4 Å². The van der Waals surface area contributed by atoms with Crippen molar-refractivity contribution >= 4 is 17.6 Å². The number of likely N-dealkylation sites (N-methyl/N-ethyl adjacent to an activating group) is 1. The molecule has 0 saturated carbocycles. The van der Waals surface area contributed by atoms with E-state index in [0.717, 1.165) is 5.56 Å². The number of para-hydroxylation sites is 1. The highest BCUT2D eigenvalue weighted by Gasteiger charge is 2.42. The molecule has 0 unspecified atom stereocenters. The molecule has 102 valence electrons. The van der Waals surface area contributed by atoms with Crippen LogP contribution in [-0.2, 0) is 16.0 Å². The second-order valence-electron chi connectivity index (χ2n) is 5.24. The number of benzene rings is 1. The average Bonchev–Trinajstić information content (AvgIpc) is 2.77. The van der Waals surface area contributed by atoms with Crippen LogP contribution >= 0.6 is 0 Å². The first-order valence-corrected chi connectivity index (χ1v) is 6.22. The van der Waals surface area contributed by atoms with Crippen LogP contribution in [0.3, 0.4) is 0 Å². The van der Waals surface area contributed by atoms with Gasteiger partial charge >= 0.3 is 5.97 Å². The van der Waals surface area contributed by atoms with Crippen LogP contribution in [0.25, 0.3) is 0 Å². The molecule has 1 atom stereocenters. The highest BCUT2D eigenvalue weighted by atomic mass is 16.4. The Balaban J connectivity index is 2.45. The van der Waals surface area contributed by atoms with Gasteiger partial charge in [0.1, 0.15) is 6.04 Å². The van der Waals surface area contributed by atoms with Crippen LogP contribution in [0, 0.1) is 0 Å². The second kappa shape index (κ2) is 4.66. The van der Waals surface area contributed by atoms with Gasteiger partial charge in [0.15, 0.2) is 0 Å². The summed E-state index contributed by atoms with van der Waals surface area (Å²) in [7, 11) is 1.69. The Labute approximate surface area is 112 Å². The van der Waals surface area contributed by atoms with E-state index in [1.54, 1.807) is 27.0 Å². The smallest absolute Gasteiger partial charge is 0.327 e. The number of carbonyl (C=O) groups excluding carboxylic acids is 1. The maximum Gasteiger partial charge on any atom is 0.327 e. The van der Waals surface area contributed by atoms with Crippen molar-refractivity contribution in [3.8, 4) is 0 Å². The molecule has 5 nitrogen and oxygen atoms in total. The van der Waals surface area contributed by atoms with Gasteiger partial charge in [-0.2, -0.15) is 0 Å². The molecule has 0 bridgehead atoms. The first-order valence-electron chi connectivity index (χ1n) is 6.22. The standard InChI is InChI=1S/C14H18N2O3/c1-14(2,15-3)13(19)16-10-7-5-4-6-9(10)8-11(16)12(17)18/h4-7,11,15H,8H2,1-3H3,(H,17,18)/t11-/m0/s1. The van der Waals surface area contributed by atoms with E-state index in [1.165, 1.54) is 4.90 Å². The molecular weight excluding hydrogens is 244 g/mol. The van der Waals surface area contributed by atoms with Gasteiger partial charge < -0.3 is 10.4 Å². The van der Waals surface area contributed by atoms with E-state index in [1.807, 2.05) is 18.2 Å². The minimum atomic E-state index is -0.976. The molecule has 2 rings (SSSR count). The fourth-order valence-corrected chi connectivity index (χ4v) is 2.24. The Morgan fingerprint density at radius 2 is 2.00 bits per heavy atom. The summed E-state index contributed by atoms with van der Waals surface area (Å²) in [5.41, 5.74) is 0.795. The zero-order chi connectivity index (χ0) is 14.2. The summed E-state index contributed by atoms with van der Waals surface area (Å²) in [5, 5.41) is 12.3. The lowest BCUT2D eigenvalue weighted by atomic mass is 10.0. The molecule has 1 amide bonds. The molecule has 0 saturated heterocycles. The van der Waals surface area contributed by atoms with Crippen LogP contribution in [0.15, 0.2) is 24.3 Å². The van der Waals surface area contributed by atoms with Crippen molar-refractivity contribution in [2.24, 2.45) is 0 Å². The summed E-state index contributed by atoms with van der Waals surface area (Å²) >= 11 is 0. The molecule has 0 fully saturated rings. The molecule has 1 aromatic carbocycles. The number of rotatable bonds is 3. The van der Waals surface area contributed by atoms with Gasteiger partial charge in [-0.3, -0.25) is 9.69 Å². The van der Waals surface area contributed by atoms with Crippen molar-refractivity contribution in [1.29, 1.82) is 0 Å². The van der Waals surface area contributed by atoms with Crippen LogP contribution in [-0.4, -0.2) is 35.6 Å². The fourth-order valence-electron chi connectivity index (χ4n) is 2.24. The van der Waals surface area contributed by atoms with E-state index in [4.69, 9.17) is 0 Å². The fraction of sp³-hybridized carbons (Fsp3) is 0.429. The quantitative estimate of drug-likeness (QED) is 0.853. The number of hydrogen-bond donors (Lipinski definition) is 2. The molecule has 0 spiro atoms. The maximum atomic E-state index is 12.6. The minimum absolute atomic E-state index is 0.229. The molecule has 19 heavy (non-hydrogen) atoms. The van der Waals surface area contributed by atoms with Crippen LogP contribution < -0.4 is 10.2 Å². The molecule has 1 heterocycles. The van der Waals surface area contributed by atoms with E-state index >= 15 is 0 Å². The molecular formula is C14H18N2O3. The van der Waals surface area contributed by atoms with E-state index in [2.05, 4.69) is 5.32 Å². The zero-order valence-electron chi connectivity index (χ0n) is 11.3. The molecule has 5 heteroatoms. The number of nitrogens with one attached hydrogen (secondary N) is 1. The van der Waals surface area contributed by atoms with Crippen molar-refractivity contribution < 1.29 is 14.7 Å². The van der Waals surface area contributed by atoms with Gasteiger partial charge in [-0.05, 0) is 32.5 Å². The average molecular weight is 262 g/mol. The molecule has 2 N–H and O–H groups in total. The van der Waals surface area contributed by atoms with E-state index < -0.39 is 17.6 Å². The monoisotopic (exact) mass is 262 g/mol. The third kappa shape index (κ3) is 2.21. The number of fused-ring (bicyclic) bond motifs is 1. The summed E-state index contributed by atoms with van der Waals surface area (Å²) < 4.78 is 0. The van der Waals surface area contributed by atoms with E-state index in [9.17, 15) is 14.7 Å². The number of anilines is 1. The highest BCUT2D eigenvalue weighted by Crippen LogP contribution is 2.33. The van der Waals surface area contributed by atoms with Crippen molar-refractivity contribution in [2.45, 2.75) is 31.8 Å². The molecule has 1 aromatic rings. The Kier molecular flexibility index (Phi) is 3.32. The predicted molar refractivity (Wildman–Crippen MR) is 72.2 cm³/mol. The van der Waals surface area contributed by atoms with E-state index in [-0.39, 0.29) is 5.91 Å². The first kappa shape index (κ1) is 13.5. The number of carboxylic acid groups (broad SMARTS) is 1. The Morgan fingerprint density at radius 3 is 2.58 bits per heavy atom. The van der Waals surface area contributed by atoms with Crippen molar-refractivity contribution in [2.75, 3.05) is 11.9 Å². The Bertz CT molecular complexity index is 525. The van der Waals surface area contributed by atoms with Gasteiger partial charge in [0.25, 0.3) is 0 Å². The summed E-state index contributed by atoms with van der Waals surface area (Å²) in [6, 6.07) is 6.51. The van der Waals surface area contributed by atoms with Gasteiger partial charge in [0.05, 0.1) is 5.54 Å². The molecule has 0 aliphatic carbocycles. The lowest BCUT2D eigenvalue weighted by molar-refractivity contribution is -0.140. The summed E-state index contributed by atoms with van der Waals surface area (Å²) in [4.78, 5) is 25.4. The maximum absolute atomic E-state index is 12.6. The van der Waals surface area contributed by atoms with Crippen LogP contribution in [0.4, 0.5) is 5.69 Å². The SMILES string of the molecule is CNC(C)(C)C(=O)N1c2ccccc2C[C@H]1C(=O)O. The molecule has 0 aromatic heterocycles. The molecule has 0 radical (unpaired) electrons. The van der Waals surface area contributed by atoms with Gasteiger partial charge in [0, 0.05) is 12.1 Å². The number of aliphatic carboxylic acids is 1. The van der Waals surface area contributed by atoms with Gasteiger partial charge in [-0.15, -0.1) is 0 Å². The predicted octanol–water partition coefficient (Wildman–Crippen LogP) is 1.03. The second-order valence-corrected chi connectivity index (χ2v) is 5.24. The van der Waals surface area contributed by atoms with Crippen molar-refractivity contribution in [3.05, 3.63) is 29.8 Å². The highest BCUT2D eigenvalue weighted by molar-refractivity contribution is 6.06. The number of hydrogen-bond acceptors (Lipinski definition) is 3. The third-order valence-corrected chi connectivity index (χ3v) is 3.64. The number of carbonyl (C=O) groups is 2. The summed E-state index contributed by atoms with van der Waals surface area (Å²) in [6.45, 7) is 3.49. The van der Waals surface area contributed by atoms with Gasteiger partial charge in [-0.1, -0.05) is 18.2 Å². The Hall–Kier alpha value is -1.88. The van der Waals surface area contributed by atoms with Crippen molar-refractivity contribution in [1.82, 2.24) is 5.32 Å². The van der Waals surface area contributed by atoms with E-state index in [0.29, 0.717) is 12.1 Å². The largest absolute Gasteiger partial charge is 0.480 e. The number of amides is 1. The lowest BCUT2D eigenvalue weighted by Gasteiger charge is -2.31. The molecule has 1 aliphatic heterocycles. The minimum Gasteiger partial charge on any atom is -0.480 e. The number of nitrogens with zero attached hydrogens (tertiary/aromatic N) is 1. The van der Waals surface area contributed by atoms with Crippen LogP contribution in [0.5, 0.6) is 0 Å². The number of carboxylic acids is 1. The lowest BCUT2D eigenvalue weighted by Crippen LogP contribution is -2.56. The molecule has 1 aliphatic rings. The van der Waals surface area contributed by atoms with Gasteiger partial charge in [0.2, 0.25) is 5.91 Å². The Morgan fingerprint density at radius 1 is 1.37 bits per heavy atom. The summed E-state index contributed by atoms with van der Waals surface area (Å²) in [6.07, 6.45) is 0.358. The zero-order valence-corrected chi connectivity index (χ0v) is 11.3. The van der Waals surface area contributed by atoms with Gasteiger partial charge in [-0.25, -0.2) is 4.79 Å². The first-order chi connectivity index (χ1) is 8.88.